The summed E-state index contributed by atoms with van der Waals surface area (Å²) in [6, 6.07) is 11.7. The average Bonchev–Trinajstić information content (AvgIpc) is 2.84. The van der Waals surface area contributed by atoms with E-state index in [2.05, 4.69) is 20.1 Å². The number of nitrogens with zero attached hydrogens (tertiary/aromatic N) is 5. The zero-order chi connectivity index (χ0) is 22.1. The van der Waals surface area contributed by atoms with Gasteiger partial charge in [-0.3, -0.25) is 4.79 Å². The molecule has 2 aromatic heterocycles. The maximum absolute atomic E-state index is 13.2. The summed E-state index contributed by atoms with van der Waals surface area (Å²) in [4.78, 5) is 18.6. The molecule has 2 saturated heterocycles. The smallest absolute Gasteiger partial charge is 0.248 e. The summed E-state index contributed by atoms with van der Waals surface area (Å²) in [5.41, 5.74) is 0.394. The summed E-state index contributed by atoms with van der Waals surface area (Å²) < 4.78 is 33.2. The molecule has 2 fully saturated rings. The van der Waals surface area contributed by atoms with E-state index in [1.807, 2.05) is 17.0 Å². The molecule has 0 atom stereocenters. The lowest BCUT2D eigenvalue weighted by Crippen LogP contribution is -2.49. The Morgan fingerprint density at radius 3 is 2.12 bits per heavy atom. The zero-order valence-electron chi connectivity index (χ0n) is 17.5. The first-order chi connectivity index (χ1) is 15.5. The second-order valence-electron chi connectivity index (χ2n) is 7.81. The molecule has 0 amide bonds. The Kier molecular flexibility index (Phi) is 5.53. The summed E-state index contributed by atoms with van der Waals surface area (Å²) in [5, 5.41) is 9.39. The van der Waals surface area contributed by atoms with Gasteiger partial charge in [-0.25, -0.2) is 8.42 Å². The SMILES string of the molecule is O=c1ccc2cc(S(=O)(=O)N3CCN(c4ccc(N5CCOCC5)nn4)CC3)ccc2[nH]1. The number of H-pyrrole nitrogens is 1. The molecule has 0 aliphatic carbocycles. The number of aromatic nitrogens is 3. The summed E-state index contributed by atoms with van der Waals surface area (Å²) in [7, 11) is -3.63. The van der Waals surface area contributed by atoms with Gasteiger partial charge in [0.25, 0.3) is 0 Å². The number of piperazine rings is 1. The minimum atomic E-state index is -3.63. The Hall–Kier alpha value is -3.02. The van der Waals surface area contributed by atoms with E-state index in [1.165, 1.54) is 16.4 Å². The Morgan fingerprint density at radius 2 is 1.47 bits per heavy atom. The van der Waals surface area contributed by atoms with E-state index >= 15 is 0 Å². The molecular weight excluding hydrogens is 432 g/mol. The van der Waals surface area contributed by atoms with Gasteiger partial charge in [0.1, 0.15) is 0 Å². The van der Waals surface area contributed by atoms with E-state index < -0.39 is 10.0 Å². The lowest BCUT2D eigenvalue weighted by atomic mass is 10.2. The van der Waals surface area contributed by atoms with Crippen LogP contribution in [-0.2, 0) is 14.8 Å². The maximum atomic E-state index is 13.2. The molecule has 2 aliphatic rings. The number of anilines is 2. The van der Waals surface area contributed by atoms with Gasteiger partial charge in [-0.15, -0.1) is 10.2 Å². The van der Waals surface area contributed by atoms with Crippen molar-refractivity contribution in [2.45, 2.75) is 4.90 Å². The highest BCUT2D eigenvalue weighted by atomic mass is 32.2. The monoisotopic (exact) mass is 456 g/mol. The predicted molar refractivity (Wildman–Crippen MR) is 121 cm³/mol. The van der Waals surface area contributed by atoms with Gasteiger partial charge in [0.2, 0.25) is 15.6 Å². The molecule has 0 bridgehead atoms. The minimum absolute atomic E-state index is 0.217. The van der Waals surface area contributed by atoms with E-state index in [4.69, 9.17) is 4.74 Å². The Morgan fingerprint density at radius 1 is 0.812 bits per heavy atom. The van der Waals surface area contributed by atoms with Crippen LogP contribution < -0.4 is 15.4 Å². The van der Waals surface area contributed by atoms with Crippen LogP contribution in [0.2, 0.25) is 0 Å². The summed E-state index contributed by atoms with van der Waals surface area (Å²) in [5.74, 6) is 1.57. The average molecular weight is 457 g/mol. The van der Waals surface area contributed by atoms with E-state index in [0.29, 0.717) is 50.3 Å². The van der Waals surface area contributed by atoms with Crippen LogP contribution in [0.1, 0.15) is 0 Å². The van der Waals surface area contributed by atoms with E-state index in [1.54, 1.807) is 18.2 Å². The first kappa shape index (κ1) is 20.9. The van der Waals surface area contributed by atoms with Gasteiger partial charge in [0.05, 0.1) is 18.1 Å². The van der Waals surface area contributed by atoms with Crippen molar-refractivity contribution in [1.82, 2.24) is 19.5 Å². The van der Waals surface area contributed by atoms with Crippen LogP contribution in [0.4, 0.5) is 11.6 Å². The summed E-state index contributed by atoms with van der Waals surface area (Å²) in [6.07, 6.45) is 0. The van der Waals surface area contributed by atoms with Crippen molar-refractivity contribution >= 4 is 32.6 Å². The molecule has 1 N–H and O–H groups in total. The van der Waals surface area contributed by atoms with Gasteiger partial charge in [0, 0.05) is 50.9 Å². The largest absolute Gasteiger partial charge is 0.378 e. The molecule has 0 radical (unpaired) electrons. The van der Waals surface area contributed by atoms with Crippen molar-refractivity contribution < 1.29 is 13.2 Å². The Labute approximate surface area is 185 Å². The van der Waals surface area contributed by atoms with Gasteiger partial charge < -0.3 is 19.5 Å². The van der Waals surface area contributed by atoms with Crippen LogP contribution in [0.5, 0.6) is 0 Å². The topological polar surface area (TPSA) is 112 Å². The molecule has 1 aromatic carbocycles. The van der Waals surface area contributed by atoms with Crippen molar-refractivity contribution in [2.75, 3.05) is 62.3 Å². The molecule has 168 valence electrons. The van der Waals surface area contributed by atoms with Crippen LogP contribution >= 0.6 is 0 Å². The van der Waals surface area contributed by atoms with Crippen LogP contribution in [0.3, 0.4) is 0 Å². The highest BCUT2D eigenvalue weighted by Crippen LogP contribution is 2.23. The fraction of sp³-hybridized carbons (Fsp3) is 0.381. The number of sulfonamides is 1. The summed E-state index contributed by atoms with van der Waals surface area (Å²) >= 11 is 0. The number of fused-ring (bicyclic) bond motifs is 1. The highest BCUT2D eigenvalue weighted by molar-refractivity contribution is 7.89. The second-order valence-corrected chi connectivity index (χ2v) is 9.75. The molecule has 2 aliphatic heterocycles. The zero-order valence-corrected chi connectivity index (χ0v) is 18.3. The minimum Gasteiger partial charge on any atom is -0.378 e. The second kappa shape index (κ2) is 8.49. The Bertz CT molecular complexity index is 1260. The number of morpholine rings is 1. The number of nitrogens with one attached hydrogen (secondary N) is 1. The van der Waals surface area contributed by atoms with Crippen molar-refractivity contribution in [3.63, 3.8) is 0 Å². The fourth-order valence-corrected chi connectivity index (χ4v) is 5.51. The number of pyridine rings is 1. The van der Waals surface area contributed by atoms with Crippen molar-refractivity contribution in [3.8, 4) is 0 Å². The molecule has 10 nitrogen and oxygen atoms in total. The van der Waals surface area contributed by atoms with Gasteiger partial charge >= 0.3 is 0 Å². The molecule has 4 heterocycles. The van der Waals surface area contributed by atoms with E-state index in [9.17, 15) is 13.2 Å². The van der Waals surface area contributed by atoms with Crippen LogP contribution in [-0.4, -0.2) is 80.4 Å². The highest BCUT2D eigenvalue weighted by Gasteiger charge is 2.29. The molecule has 32 heavy (non-hydrogen) atoms. The van der Waals surface area contributed by atoms with Crippen molar-refractivity contribution in [1.29, 1.82) is 0 Å². The van der Waals surface area contributed by atoms with Gasteiger partial charge in [-0.2, -0.15) is 4.31 Å². The van der Waals surface area contributed by atoms with Gasteiger partial charge in [-0.05, 0) is 41.8 Å². The number of hydrogen-bond acceptors (Lipinski definition) is 8. The third kappa shape index (κ3) is 4.06. The molecule has 5 rings (SSSR count). The number of ether oxygens (including phenoxy) is 1. The van der Waals surface area contributed by atoms with E-state index in [0.717, 1.165) is 24.7 Å². The number of aromatic amines is 1. The molecule has 11 heteroatoms. The number of hydrogen-bond donors (Lipinski definition) is 1. The first-order valence-electron chi connectivity index (χ1n) is 10.6. The first-order valence-corrected chi connectivity index (χ1v) is 12.0. The van der Waals surface area contributed by atoms with Gasteiger partial charge in [-0.1, -0.05) is 0 Å². The normalized spacial score (nSPS) is 18.2. The molecular formula is C21H24N6O4S. The maximum Gasteiger partial charge on any atom is 0.248 e. The molecule has 0 unspecified atom stereocenters. The lowest BCUT2D eigenvalue weighted by molar-refractivity contribution is 0.122. The van der Waals surface area contributed by atoms with Crippen LogP contribution in [0.15, 0.2) is 52.2 Å². The van der Waals surface area contributed by atoms with Gasteiger partial charge in [0.15, 0.2) is 11.6 Å². The third-order valence-electron chi connectivity index (χ3n) is 5.87. The lowest BCUT2D eigenvalue weighted by Gasteiger charge is -2.34. The summed E-state index contributed by atoms with van der Waals surface area (Å²) in [6.45, 7) is 4.77. The number of rotatable bonds is 4. The fourth-order valence-electron chi connectivity index (χ4n) is 4.05. The predicted octanol–water partition coefficient (Wildman–Crippen LogP) is 0.666. The van der Waals surface area contributed by atoms with Crippen LogP contribution in [0, 0.1) is 0 Å². The standard InChI is InChI=1S/C21H24N6O4S/c28-21-6-1-16-15-17(2-3-18(16)22-21)32(29,30)27-9-7-25(8-10-27)19-4-5-20(24-23-19)26-11-13-31-14-12-26/h1-6,15H,7-14H2,(H,22,28). The quantitative estimate of drug-likeness (QED) is 0.610. The van der Waals surface area contributed by atoms with Crippen molar-refractivity contribution in [3.05, 3.63) is 52.8 Å². The molecule has 3 aromatic rings. The third-order valence-corrected chi connectivity index (χ3v) is 7.76. The Balaban J connectivity index is 1.26. The molecule has 0 saturated carbocycles. The van der Waals surface area contributed by atoms with Crippen molar-refractivity contribution in [2.24, 2.45) is 0 Å². The van der Waals surface area contributed by atoms with E-state index in [-0.39, 0.29) is 10.5 Å². The van der Waals surface area contributed by atoms with Crippen LogP contribution in [0.25, 0.3) is 10.9 Å². The molecule has 0 spiro atoms. The number of benzene rings is 1.